The normalized spacial score (nSPS) is 8.39. The van der Waals surface area contributed by atoms with Crippen molar-refractivity contribution in [3.63, 3.8) is 0 Å². The number of terminal acetylenes is 2. The minimum absolute atomic E-state index is 0. The molecule has 0 aromatic carbocycles. The molecule has 0 amide bonds. The van der Waals surface area contributed by atoms with Crippen molar-refractivity contribution in [1.82, 2.24) is 15.0 Å². The van der Waals surface area contributed by atoms with Gasteiger partial charge in [-0.2, -0.15) is 17.5 Å². The van der Waals surface area contributed by atoms with E-state index >= 15 is 0 Å². The molecule has 3 heterocycles. The molecule has 0 saturated heterocycles. The number of rotatable bonds is 6. The smallest absolute Gasteiger partial charge is 0.778 e. The summed E-state index contributed by atoms with van der Waals surface area (Å²) >= 11 is 46.1. The minimum Gasteiger partial charge on any atom is -0.778 e. The van der Waals surface area contributed by atoms with E-state index in [0.29, 0.717) is 49.5 Å². The monoisotopic (exact) mass is 926 g/mol. The van der Waals surface area contributed by atoms with Gasteiger partial charge in [-0.25, -0.2) is 15.0 Å². The molecule has 0 saturated carbocycles. The van der Waals surface area contributed by atoms with Crippen LogP contribution in [0.1, 0.15) is 20.3 Å². The third-order valence-corrected chi connectivity index (χ3v) is 9.12. The van der Waals surface area contributed by atoms with Gasteiger partial charge in [-0.3, -0.25) is 9.59 Å². The number of halogens is 7. The summed E-state index contributed by atoms with van der Waals surface area (Å²) in [5.41, 5.74) is 0. The summed E-state index contributed by atoms with van der Waals surface area (Å²) in [5.74, 6) is 0.730. The Hall–Kier alpha value is -0.1000. The van der Waals surface area contributed by atoms with Crippen LogP contribution < -0.4 is 29.6 Å². The fourth-order valence-electron chi connectivity index (χ4n) is 1.85. The zero-order valence-corrected chi connectivity index (χ0v) is 35.1. The quantitative estimate of drug-likeness (QED) is 0.0327. The Balaban J connectivity index is -0.000000160. The van der Waals surface area contributed by atoms with Gasteiger partial charge in [-0.15, -0.1) is 24.6 Å². The molecule has 0 spiro atoms. The zero-order chi connectivity index (χ0) is 34.7. The number of hydrogen-bond donors (Lipinski definition) is 1. The number of esters is 2. The van der Waals surface area contributed by atoms with E-state index in [9.17, 15) is 9.59 Å². The van der Waals surface area contributed by atoms with E-state index < -0.39 is 0 Å². The van der Waals surface area contributed by atoms with Crippen LogP contribution in [-0.2, 0) is 31.7 Å². The van der Waals surface area contributed by atoms with E-state index in [4.69, 9.17) is 88.7 Å². The first-order valence-electron chi connectivity index (χ1n) is 11.1. The fraction of sp³-hybridized carbons (Fsp3) is 0.250. The molecular weight excluding hydrogens is 901 g/mol. The molecule has 0 atom stereocenters. The van der Waals surface area contributed by atoms with Crippen LogP contribution in [0.15, 0.2) is 46.6 Å². The van der Waals surface area contributed by atoms with E-state index in [0.717, 1.165) is 8.47 Å². The molecule has 0 fully saturated rings. The van der Waals surface area contributed by atoms with Crippen molar-refractivity contribution < 1.29 is 48.6 Å². The maximum Gasteiger partial charge on any atom is 1.00 e. The van der Waals surface area contributed by atoms with Crippen LogP contribution in [-0.4, -0.2) is 52.6 Å². The average molecular weight is 929 g/mol. The van der Waals surface area contributed by atoms with E-state index in [1.165, 1.54) is 32.2 Å². The fourth-order valence-corrected chi connectivity index (χ4v) is 4.72. The summed E-state index contributed by atoms with van der Waals surface area (Å²) in [5, 5.41) is 2.22. The van der Waals surface area contributed by atoms with Gasteiger partial charge >= 0.3 is 41.5 Å². The van der Waals surface area contributed by atoms with E-state index in [1.807, 2.05) is 0 Å². The number of thioether (sulfide) groups is 1. The summed E-state index contributed by atoms with van der Waals surface area (Å²) in [6.45, 7) is 0. The molecule has 0 aliphatic rings. The Kier molecular flexibility index (Phi) is 43.5. The van der Waals surface area contributed by atoms with Crippen LogP contribution in [0.2, 0.25) is 30.5 Å². The average Bonchev–Trinajstić information content (AvgIpc) is 3.03. The number of ether oxygens (including phenoxy) is 2. The molecule has 0 aliphatic carbocycles. The van der Waals surface area contributed by atoms with Crippen LogP contribution >= 0.6 is 117 Å². The van der Waals surface area contributed by atoms with Gasteiger partial charge < -0.3 is 34.9 Å². The van der Waals surface area contributed by atoms with E-state index in [2.05, 4.69) is 78.9 Å². The summed E-state index contributed by atoms with van der Waals surface area (Å²) in [7, 11) is 2.73. The summed E-state index contributed by atoms with van der Waals surface area (Å²) in [6.07, 6.45) is 22.5. The second-order valence-electron chi connectivity index (χ2n) is 6.45. The van der Waals surface area contributed by atoms with Crippen molar-refractivity contribution in [3.8, 4) is 19.3 Å². The Morgan fingerprint density at radius 1 is 0.848 bits per heavy atom. The SMILES string of the molecule is C.C#C.COC(=O)CCS.COC(=O)CCSc1ccnc(Cl)c1Cl.Clc1nccc(I)c1Cl.[C-]#C.[Na+].[S-]c1ccnc(Cl)c1Cl. The standard InChI is InChI=1S/C9H9Cl2NO2S.C5H2Cl2IN.C5H3Cl2NS.C4H8O2S.C2H2.C2H.CH4.Na/c1-14-7(13)3-5-15-6-2-4-12-9(11)8(6)10;6-4-3(8)1-2-9-5(4)7;6-4-3(9)1-2-8-5(4)7;1-6-4(5)2-3-7;2*1-2;;/h2,4H,3,5H2,1H3;1-2H;1-2H,(H,8,9);7H,2-3H2,1H3;1-2H;1H;1H4;/q;;;;;-1;;+1/p-1. The minimum atomic E-state index is -0.237. The summed E-state index contributed by atoms with van der Waals surface area (Å²) in [6, 6.07) is 5.19. The molecule has 0 unspecified atom stereocenters. The van der Waals surface area contributed by atoms with E-state index in [1.54, 1.807) is 30.6 Å². The molecule has 0 N–H and O–H groups in total. The Morgan fingerprint density at radius 2 is 1.26 bits per heavy atom. The molecule has 248 valence electrons. The Labute approximate surface area is 352 Å². The van der Waals surface area contributed by atoms with Crippen molar-refractivity contribution in [2.75, 3.05) is 25.7 Å². The third kappa shape index (κ3) is 26.8. The van der Waals surface area contributed by atoms with Gasteiger partial charge in [0.15, 0.2) is 0 Å². The van der Waals surface area contributed by atoms with Crippen molar-refractivity contribution in [2.24, 2.45) is 0 Å². The maximum atomic E-state index is 10.8. The molecular formula is C28H28Cl6IN3NaO4S3-. The largest absolute Gasteiger partial charge is 1.00 e. The number of methoxy groups -OCH3 is 2. The molecule has 0 bridgehead atoms. The maximum absolute atomic E-state index is 10.8. The second kappa shape index (κ2) is 36.2. The number of hydrogen-bond acceptors (Lipinski definition) is 10. The number of carbonyl (C=O) groups is 2. The molecule has 3 aromatic heterocycles. The van der Waals surface area contributed by atoms with Gasteiger partial charge in [0.05, 0.1) is 42.1 Å². The molecule has 7 nitrogen and oxygen atoms in total. The van der Waals surface area contributed by atoms with Crippen molar-refractivity contribution >= 4 is 141 Å². The first-order chi connectivity index (χ1) is 20.9. The van der Waals surface area contributed by atoms with Crippen LogP contribution in [0.4, 0.5) is 0 Å². The zero-order valence-electron chi connectivity index (χ0n) is 23.9. The van der Waals surface area contributed by atoms with Crippen LogP contribution in [0.5, 0.6) is 0 Å². The van der Waals surface area contributed by atoms with Crippen LogP contribution in [0.3, 0.4) is 0 Å². The number of carbonyl (C=O) groups excluding carboxylic acids is 2. The van der Waals surface area contributed by atoms with Crippen molar-refractivity contribution in [3.05, 3.63) is 77.3 Å². The van der Waals surface area contributed by atoms with E-state index in [-0.39, 0.29) is 59.2 Å². The van der Waals surface area contributed by atoms with Gasteiger partial charge in [-0.1, -0.05) is 83.1 Å². The summed E-state index contributed by atoms with van der Waals surface area (Å²) < 4.78 is 9.75. The first-order valence-corrected chi connectivity index (χ1v) is 16.5. The van der Waals surface area contributed by atoms with Crippen molar-refractivity contribution in [1.29, 1.82) is 0 Å². The number of nitrogens with zero attached hydrogens (tertiary/aromatic N) is 3. The van der Waals surface area contributed by atoms with Crippen molar-refractivity contribution in [2.45, 2.75) is 30.1 Å². The Bertz CT molecular complexity index is 1240. The number of thiol groups is 1. The van der Waals surface area contributed by atoms with Gasteiger partial charge in [0, 0.05) is 38.6 Å². The first kappa shape index (κ1) is 55.3. The Morgan fingerprint density at radius 3 is 1.63 bits per heavy atom. The van der Waals surface area contributed by atoms with Gasteiger partial charge in [0.2, 0.25) is 0 Å². The molecule has 0 radical (unpaired) electrons. The van der Waals surface area contributed by atoms with Gasteiger partial charge in [0.1, 0.15) is 15.5 Å². The number of aromatic nitrogens is 3. The molecule has 46 heavy (non-hydrogen) atoms. The molecule has 3 rings (SSSR count). The summed E-state index contributed by atoms with van der Waals surface area (Å²) in [4.78, 5) is 33.6. The topological polar surface area (TPSA) is 91.3 Å². The van der Waals surface area contributed by atoms with Gasteiger partial charge in [0.25, 0.3) is 0 Å². The molecule has 18 heteroatoms. The predicted octanol–water partition coefficient (Wildman–Crippen LogP) is 6.91. The molecule has 3 aromatic rings. The molecule has 0 aliphatic heterocycles. The van der Waals surface area contributed by atoms with Gasteiger partial charge in [-0.05, 0) is 34.7 Å². The second-order valence-corrected chi connectivity index (χ2v) is 11.8. The predicted molar refractivity (Wildman–Crippen MR) is 204 cm³/mol. The van der Waals surface area contributed by atoms with Crippen LogP contribution in [0, 0.1) is 29.3 Å². The number of pyridine rings is 3. The third-order valence-electron chi connectivity index (χ3n) is 3.76. The van der Waals surface area contributed by atoms with Crippen LogP contribution in [0.25, 0.3) is 0 Å².